The molecule has 0 aliphatic carbocycles. The summed E-state index contributed by atoms with van der Waals surface area (Å²) in [5.74, 6) is 0. The van der Waals surface area contributed by atoms with Gasteiger partial charge in [0.25, 0.3) is 0 Å². The molecule has 13 heavy (non-hydrogen) atoms. The number of nitrogens with zero attached hydrogens (tertiary/aromatic N) is 1. The number of hydrogen-bond donors (Lipinski definition) is 1. The van der Waals surface area contributed by atoms with Crippen molar-refractivity contribution in [2.45, 2.75) is 18.9 Å². The summed E-state index contributed by atoms with van der Waals surface area (Å²) in [7, 11) is 2.04. The van der Waals surface area contributed by atoms with Crippen LogP contribution in [0.15, 0.2) is 18.5 Å². The molecule has 1 aliphatic heterocycles. The fourth-order valence-electron chi connectivity index (χ4n) is 1.67. The molecule has 1 aromatic rings. The molecule has 2 rings (SSSR count). The number of nitrogens with one attached hydrogen (secondary N) is 1. The Hall–Kier alpha value is -0.960. The van der Waals surface area contributed by atoms with E-state index in [0.29, 0.717) is 6.04 Å². The van der Waals surface area contributed by atoms with Crippen molar-refractivity contribution in [3.63, 3.8) is 0 Å². The maximum Gasteiger partial charge on any atom is 0.0521 e. The molecule has 1 aliphatic rings. The van der Waals surface area contributed by atoms with Crippen LogP contribution in [0.3, 0.4) is 0 Å². The number of rotatable bonds is 2. The molecule has 2 heterocycles. The average molecular weight is 180 g/mol. The van der Waals surface area contributed by atoms with Crippen LogP contribution in [-0.4, -0.2) is 23.8 Å². The SMILES string of the molecule is Cn1ccc(NC2CCOCC2)c1. The first-order valence-electron chi connectivity index (χ1n) is 4.81. The van der Waals surface area contributed by atoms with Gasteiger partial charge in [0.05, 0.1) is 5.69 Å². The lowest BCUT2D eigenvalue weighted by Crippen LogP contribution is -2.27. The van der Waals surface area contributed by atoms with Crippen LogP contribution in [0.4, 0.5) is 5.69 Å². The molecule has 1 saturated heterocycles. The Labute approximate surface area is 78.7 Å². The lowest BCUT2D eigenvalue weighted by atomic mass is 10.1. The molecule has 0 amide bonds. The second-order valence-corrected chi connectivity index (χ2v) is 3.60. The quantitative estimate of drug-likeness (QED) is 0.748. The molecule has 3 nitrogen and oxygen atoms in total. The van der Waals surface area contributed by atoms with E-state index in [4.69, 9.17) is 4.74 Å². The Morgan fingerprint density at radius 1 is 1.46 bits per heavy atom. The van der Waals surface area contributed by atoms with Gasteiger partial charge < -0.3 is 14.6 Å². The van der Waals surface area contributed by atoms with Gasteiger partial charge in [-0.25, -0.2) is 0 Å². The van der Waals surface area contributed by atoms with Gasteiger partial charge in [-0.1, -0.05) is 0 Å². The normalized spacial score (nSPS) is 18.8. The summed E-state index contributed by atoms with van der Waals surface area (Å²) in [5, 5.41) is 3.50. The Morgan fingerprint density at radius 2 is 2.23 bits per heavy atom. The molecular formula is C10H16N2O. The first-order chi connectivity index (χ1) is 6.34. The zero-order valence-electron chi connectivity index (χ0n) is 7.99. The van der Waals surface area contributed by atoms with Gasteiger partial charge in [0.2, 0.25) is 0 Å². The second-order valence-electron chi connectivity index (χ2n) is 3.60. The molecule has 1 fully saturated rings. The van der Waals surface area contributed by atoms with E-state index in [2.05, 4.69) is 28.3 Å². The lowest BCUT2D eigenvalue weighted by Gasteiger charge is -2.23. The van der Waals surface area contributed by atoms with Crippen LogP contribution >= 0.6 is 0 Å². The van der Waals surface area contributed by atoms with Gasteiger partial charge in [-0.15, -0.1) is 0 Å². The summed E-state index contributed by atoms with van der Waals surface area (Å²) in [6.07, 6.45) is 6.40. The Balaban J connectivity index is 1.89. The van der Waals surface area contributed by atoms with E-state index in [1.165, 1.54) is 5.69 Å². The van der Waals surface area contributed by atoms with Crippen LogP contribution in [0.25, 0.3) is 0 Å². The minimum Gasteiger partial charge on any atom is -0.381 e. The monoisotopic (exact) mass is 180 g/mol. The highest BCUT2D eigenvalue weighted by molar-refractivity contribution is 5.42. The van der Waals surface area contributed by atoms with Crippen LogP contribution in [0.5, 0.6) is 0 Å². The highest BCUT2D eigenvalue weighted by Crippen LogP contribution is 2.14. The molecule has 1 aromatic heterocycles. The molecule has 72 valence electrons. The third-order valence-corrected chi connectivity index (χ3v) is 2.42. The Bertz CT molecular complexity index is 264. The number of anilines is 1. The lowest BCUT2D eigenvalue weighted by molar-refractivity contribution is 0.0904. The van der Waals surface area contributed by atoms with Gasteiger partial charge in [-0.3, -0.25) is 0 Å². The molecule has 0 saturated carbocycles. The van der Waals surface area contributed by atoms with E-state index >= 15 is 0 Å². The van der Waals surface area contributed by atoms with Gasteiger partial charge >= 0.3 is 0 Å². The highest BCUT2D eigenvalue weighted by atomic mass is 16.5. The number of ether oxygens (including phenoxy) is 1. The van der Waals surface area contributed by atoms with E-state index < -0.39 is 0 Å². The van der Waals surface area contributed by atoms with Crippen LogP contribution in [-0.2, 0) is 11.8 Å². The van der Waals surface area contributed by atoms with E-state index in [1.807, 2.05) is 7.05 Å². The predicted molar refractivity (Wildman–Crippen MR) is 52.9 cm³/mol. The van der Waals surface area contributed by atoms with E-state index in [-0.39, 0.29) is 0 Å². The molecule has 3 heteroatoms. The first kappa shape index (κ1) is 8.63. The minimum atomic E-state index is 0.594. The smallest absolute Gasteiger partial charge is 0.0521 e. The summed E-state index contributed by atoms with van der Waals surface area (Å²) in [6, 6.07) is 2.70. The maximum absolute atomic E-state index is 5.30. The summed E-state index contributed by atoms with van der Waals surface area (Å²) < 4.78 is 7.35. The molecular weight excluding hydrogens is 164 g/mol. The van der Waals surface area contributed by atoms with Gasteiger partial charge in [0, 0.05) is 38.7 Å². The summed E-state index contributed by atoms with van der Waals surface area (Å²) in [6.45, 7) is 1.79. The van der Waals surface area contributed by atoms with Crippen LogP contribution in [0, 0.1) is 0 Å². The van der Waals surface area contributed by atoms with Crippen molar-refractivity contribution >= 4 is 5.69 Å². The fraction of sp³-hybridized carbons (Fsp3) is 0.600. The third kappa shape index (κ3) is 2.25. The van der Waals surface area contributed by atoms with Crippen LogP contribution < -0.4 is 5.32 Å². The second kappa shape index (κ2) is 3.83. The molecule has 0 bridgehead atoms. The minimum absolute atomic E-state index is 0.594. The van der Waals surface area contributed by atoms with Crippen molar-refractivity contribution in [3.8, 4) is 0 Å². The van der Waals surface area contributed by atoms with Gasteiger partial charge in [-0.2, -0.15) is 0 Å². The third-order valence-electron chi connectivity index (χ3n) is 2.42. The number of aryl methyl sites for hydroxylation is 1. The van der Waals surface area contributed by atoms with Crippen LogP contribution in [0.1, 0.15) is 12.8 Å². The van der Waals surface area contributed by atoms with E-state index in [0.717, 1.165) is 26.1 Å². The Kier molecular flexibility index (Phi) is 2.54. The summed E-state index contributed by atoms with van der Waals surface area (Å²) in [5.41, 5.74) is 1.22. The summed E-state index contributed by atoms with van der Waals surface area (Å²) >= 11 is 0. The fourth-order valence-corrected chi connectivity index (χ4v) is 1.67. The first-order valence-corrected chi connectivity index (χ1v) is 4.81. The van der Waals surface area contributed by atoms with Crippen LogP contribution in [0.2, 0.25) is 0 Å². The summed E-state index contributed by atoms with van der Waals surface area (Å²) in [4.78, 5) is 0. The molecule has 0 atom stereocenters. The van der Waals surface area contributed by atoms with Crippen molar-refractivity contribution in [2.24, 2.45) is 7.05 Å². The zero-order valence-corrected chi connectivity index (χ0v) is 7.99. The largest absolute Gasteiger partial charge is 0.381 e. The molecule has 0 aromatic carbocycles. The molecule has 0 unspecified atom stereocenters. The van der Waals surface area contributed by atoms with Crippen molar-refractivity contribution in [2.75, 3.05) is 18.5 Å². The zero-order chi connectivity index (χ0) is 9.10. The van der Waals surface area contributed by atoms with Crippen molar-refractivity contribution in [3.05, 3.63) is 18.5 Å². The van der Waals surface area contributed by atoms with Gasteiger partial charge in [0.15, 0.2) is 0 Å². The van der Waals surface area contributed by atoms with Crippen molar-refractivity contribution in [1.29, 1.82) is 0 Å². The molecule has 0 spiro atoms. The van der Waals surface area contributed by atoms with Crippen molar-refractivity contribution in [1.82, 2.24) is 4.57 Å². The van der Waals surface area contributed by atoms with E-state index in [9.17, 15) is 0 Å². The highest BCUT2D eigenvalue weighted by Gasteiger charge is 2.13. The van der Waals surface area contributed by atoms with Gasteiger partial charge in [0.1, 0.15) is 0 Å². The van der Waals surface area contributed by atoms with Crippen molar-refractivity contribution < 1.29 is 4.74 Å². The average Bonchev–Trinajstić information content (AvgIpc) is 2.53. The molecule has 0 radical (unpaired) electrons. The number of aromatic nitrogens is 1. The topological polar surface area (TPSA) is 26.2 Å². The standard InChI is InChI=1S/C10H16N2O/c1-12-5-2-10(8-12)11-9-3-6-13-7-4-9/h2,5,8-9,11H,3-4,6-7H2,1H3. The number of hydrogen-bond acceptors (Lipinski definition) is 2. The van der Waals surface area contributed by atoms with Gasteiger partial charge in [-0.05, 0) is 18.9 Å². The molecule has 1 N–H and O–H groups in total. The predicted octanol–water partition coefficient (Wildman–Crippen LogP) is 1.62. The maximum atomic E-state index is 5.30. The van der Waals surface area contributed by atoms with E-state index in [1.54, 1.807) is 0 Å². The Morgan fingerprint density at radius 3 is 2.85 bits per heavy atom.